The highest BCUT2D eigenvalue weighted by atomic mass is 19.4. The molecule has 2 aromatic heterocycles. The molecule has 1 saturated heterocycles. The molecule has 1 fully saturated rings. The van der Waals surface area contributed by atoms with Gasteiger partial charge in [-0.15, -0.1) is 5.10 Å². The van der Waals surface area contributed by atoms with E-state index in [1.54, 1.807) is 13.0 Å². The van der Waals surface area contributed by atoms with E-state index in [-0.39, 0.29) is 11.9 Å². The van der Waals surface area contributed by atoms with Gasteiger partial charge in [0.05, 0.1) is 12.7 Å². The molecular formula is C14H19F3N6O. The lowest BCUT2D eigenvalue weighted by Crippen LogP contribution is -2.47. The summed E-state index contributed by atoms with van der Waals surface area (Å²) in [6, 6.07) is 1.72. The molecule has 0 spiro atoms. The van der Waals surface area contributed by atoms with E-state index in [4.69, 9.17) is 4.74 Å². The van der Waals surface area contributed by atoms with Gasteiger partial charge in [-0.05, 0) is 21.0 Å². The minimum Gasteiger partial charge on any atom is -0.373 e. The van der Waals surface area contributed by atoms with Gasteiger partial charge in [-0.3, -0.25) is 0 Å². The fraction of sp³-hybridized carbons (Fsp3) is 0.643. The van der Waals surface area contributed by atoms with Crippen LogP contribution in [0.5, 0.6) is 0 Å². The summed E-state index contributed by atoms with van der Waals surface area (Å²) in [7, 11) is 3.90. The average molecular weight is 344 g/mol. The van der Waals surface area contributed by atoms with Crippen molar-refractivity contribution in [3.8, 4) is 0 Å². The molecule has 10 heteroatoms. The highest BCUT2D eigenvalue weighted by molar-refractivity contribution is 5.48. The van der Waals surface area contributed by atoms with Gasteiger partial charge in [0.15, 0.2) is 0 Å². The van der Waals surface area contributed by atoms with Crippen molar-refractivity contribution in [2.75, 3.05) is 45.2 Å². The van der Waals surface area contributed by atoms with Crippen LogP contribution in [0.1, 0.15) is 11.5 Å². The van der Waals surface area contributed by atoms with Crippen LogP contribution in [-0.4, -0.2) is 70.9 Å². The zero-order valence-corrected chi connectivity index (χ0v) is 13.7. The third kappa shape index (κ3) is 3.44. The fourth-order valence-corrected chi connectivity index (χ4v) is 2.76. The van der Waals surface area contributed by atoms with Crippen molar-refractivity contribution in [1.82, 2.24) is 24.5 Å². The van der Waals surface area contributed by atoms with E-state index in [1.165, 1.54) is 0 Å². The zero-order valence-electron chi connectivity index (χ0n) is 13.7. The Morgan fingerprint density at radius 3 is 2.75 bits per heavy atom. The summed E-state index contributed by atoms with van der Waals surface area (Å²) in [6.45, 7) is 4.10. The quantitative estimate of drug-likeness (QED) is 0.834. The molecule has 132 valence electrons. The van der Waals surface area contributed by atoms with Crippen molar-refractivity contribution in [2.45, 2.75) is 19.2 Å². The lowest BCUT2D eigenvalue weighted by Gasteiger charge is -2.35. The van der Waals surface area contributed by atoms with E-state index in [2.05, 4.69) is 15.1 Å². The molecule has 0 unspecified atom stereocenters. The number of alkyl halides is 3. The summed E-state index contributed by atoms with van der Waals surface area (Å²) < 4.78 is 45.6. The Kier molecular flexibility index (Phi) is 4.35. The maximum Gasteiger partial charge on any atom is 0.453 e. The van der Waals surface area contributed by atoms with E-state index in [0.29, 0.717) is 31.2 Å². The second kappa shape index (κ2) is 6.17. The third-order valence-electron chi connectivity index (χ3n) is 3.71. The molecule has 0 N–H and O–H groups in total. The van der Waals surface area contributed by atoms with Crippen molar-refractivity contribution in [1.29, 1.82) is 0 Å². The number of nitrogens with zero attached hydrogens (tertiary/aromatic N) is 6. The number of anilines is 1. The predicted octanol–water partition coefficient (Wildman–Crippen LogP) is 1.22. The van der Waals surface area contributed by atoms with Crippen molar-refractivity contribution < 1.29 is 17.9 Å². The summed E-state index contributed by atoms with van der Waals surface area (Å²) >= 11 is 0. The molecule has 3 rings (SSSR count). The molecule has 0 aromatic carbocycles. The summed E-state index contributed by atoms with van der Waals surface area (Å²) in [5.41, 5.74) is 0.592. The number of ether oxygens (including phenoxy) is 1. The number of hydrogen-bond acceptors (Lipinski definition) is 6. The lowest BCUT2D eigenvalue weighted by atomic mass is 10.2. The molecule has 0 radical (unpaired) electrons. The largest absolute Gasteiger partial charge is 0.453 e. The summed E-state index contributed by atoms with van der Waals surface area (Å²) in [4.78, 5) is 11.6. The number of aryl methyl sites for hydroxylation is 1. The normalized spacial score (nSPS) is 19.5. The Bertz CT molecular complexity index is 729. The van der Waals surface area contributed by atoms with E-state index < -0.39 is 12.0 Å². The average Bonchev–Trinajstić information content (AvgIpc) is 2.89. The van der Waals surface area contributed by atoms with Gasteiger partial charge >= 0.3 is 6.18 Å². The smallest absolute Gasteiger partial charge is 0.373 e. The van der Waals surface area contributed by atoms with Crippen molar-refractivity contribution in [3.63, 3.8) is 0 Å². The number of fused-ring (bicyclic) bond motifs is 1. The summed E-state index contributed by atoms with van der Waals surface area (Å²) in [6.07, 6.45) is -4.62. The SMILES string of the molecule is Cc1cc(N2CCO[C@@H](CN(C)C)C2)n2nc(C(F)(F)F)nc2n1. The predicted molar refractivity (Wildman–Crippen MR) is 81.0 cm³/mol. The monoisotopic (exact) mass is 344 g/mol. The van der Waals surface area contributed by atoms with Crippen molar-refractivity contribution in [3.05, 3.63) is 17.6 Å². The van der Waals surface area contributed by atoms with Gasteiger partial charge < -0.3 is 14.5 Å². The third-order valence-corrected chi connectivity index (χ3v) is 3.71. The highest BCUT2D eigenvalue weighted by Gasteiger charge is 2.37. The Morgan fingerprint density at radius 1 is 1.33 bits per heavy atom. The number of likely N-dealkylation sites (N-methyl/N-ethyl adjacent to an activating group) is 1. The highest BCUT2D eigenvalue weighted by Crippen LogP contribution is 2.28. The van der Waals surface area contributed by atoms with Gasteiger partial charge in [0.25, 0.3) is 11.6 Å². The molecule has 0 amide bonds. The number of halogens is 3. The van der Waals surface area contributed by atoms with Crippen molar-refractivity contribution in [2.24, 2.45) is 0 Å². The standard InChI is InChI=1S/C14H19F3N6O/c1-9-6-11(22-4-5-24-10(8-22)7-21(2)3)23-13(18-9)19-12(20-23)14(15,16)17/h6,10H,4-5,7-8H2,1-3H3/t10-/m0/s1. The summed E-state index contributed by atoms with van der Waals surface area (Å²) in [5, 5.41) is 3.61. The van der Waals surface area contributed by atoms with Crippen LogP contribution >= 0.6 is 0 Å². The van der Waals surface area contributed by atoms with Crippen LogP contribution in [0.4, 0.5) is 19.0 Å². The molecule has 2 aromatic rings. The second-order valence-electron chi connectivity index (χ2n) is 6.10. The Hall–Kier alpha value is -1.94. The van der Waals surface area contributed by atoms with Crippen LogP contribution in [0.25, 0.3) is 5.78 Å². The Morgan fingerprint density at radius 2 is 2.08 bits per heavy atom. The number of rotatable bonds is 3. The Balaban J connectivity index is 1.97. The maximum atomic E-state index is 12.9. The second-order valence-corrected chi connectivity index (χ2v) is 6.10. The first kappa shape index (κ1) is 16.9. The molecule has 0 bridgehead atoms. The number of hydrogen-bond donors (Lipinski definition) is 0. The topological polar surface area (TPSA) is 58.8 Å². The molecule has 0 aliphatic carbocycles. The first-order chi connectivity index (χ1) is 11.2. The molecule has 3 heterocycles. The van der Waals surface area contributed by atoms with Crippen LogP contribution in [0.15, 0.2) is 6.07 Å². The molecule has 1 aliphatic heterocycles. The fourth-order valence-electron chi connectivity index (χ4n) is 2.76. The van der Waals surface area contributed by atoms with E-state index in [1.807, 2.05) is 23.9 Å². The number of morpholine rings is 1. The van der Waals surface area contributed by atoms with E-state index in [0.717, 1.165) is 11.1 Å². The first-order valence-electron chi connectivity index (χ1n) is 7.57. The van der Waals surface area contributed by atoms with E-state index >= 15 is 0 Å². The van der Waals surface area contributed by atoms with E-state index in [9.17, 15) is 13.2 Å². The summed E-state index contributed by atoms with van der Waals surface area (Å²) in [5.74, 6) is -0.680. The van der Waals surface area contributed by atoms with Gasteiger partial charge in [0, 0.05) is 31.4 Å². The van der Waals surface area contributed by atoms with Crippen LogP contribution in [0.2, 0.25) is 0 Å². The van der Waals surface area contributed by atoms with Crippen molar-refractivity contribution >= 4 is 11.6 Å². The molecule has 1 atom stereocenters. The van der Waals surface area contributed by atoms with Crippen LogP contribution in [0.3, 0.4) is 0 Å². The first-order valence-corrected chi connectivity index (χ1v) is 7.57. The van der Waals surface area contributed by atoms with Gasteiger partial charge in [0.2, 0.25) is 0 Å². The molecule has 0 saturated carbocycles. The minimum absolute atomic E-state index is 0.0251. The maximum absolute atomic E-state index is 12.9. The van der Waals surface area contributed by atoms with Crippen LogP contribution in [-0.2, 0) is 10.9 Å². The molecular weight excluding hydrogens is 325 g/mol. The number of aromatic nitrogens is 4. The molecule has 1 aliphatic rings. The van der Waals surface area contributed by atoms with Crippen LogP contribution in [0, 0.1) is 6.92 Å². The van der Waals surface area contributed by atoms with Gasteiger partial charge in [-0.1, -0.05) is 0 Å². The minimum atomic E-state index is -4.60. The molecule has 7 nitrogen and oxygen atoms in total. The Labute approximate surface area is 137 Å². The van der Waals surface area contributed by atoms with Gasteiger partial charge in [-0.25, -0.2) is 4.98 Å². The van der Waals surface area contributed by atoms with Gasteiger partial charge in [0.1, 0.15) is 5.82 Å². The zero-order chi connectivity index (χ0) is 17.5. The lowest BCUT2D eigenvalue weighted by molar-refractivity contribution is -0.144. The molecule has 24 heavy (non-hydrogen) atoms. The van der Waals surface area contributed by atoms with Gasteiger partial charge in [-0.2, -0.15) is 22.7 Å². The van der Waals surface area contributed by atoms with Crippen LogP contribution < -0.4 is 4.90 Å².